The van der Waals surface area contributed by atoms with E-state index in [4.69, 9.17) is 0 Å². The number of halogens is 1. The van der Waals surface area contributed by atoms with Crippen molar-refractivity contribution in [2.75, 3.05) is 21.1 Å². The van der Waals surface area contributed by atoms with Crippen LogP contribution in [0.15, 0.2) is 60.7 Å². The van der Waals surface area contributed by atoms with Crippen molar-refractivity contribution in [3.63, 3.8) is 0 Å². The molecule has 0 atom stereocenters. The van der Waals surface area contributed by atoms with Gasteiger partial charge >= 0.3 is 0 Å². The molecule has 0 N–H and O–H groups in total. The van der Waals surface area contributed by atoms with Crippen molar-refractivity contribution in [2.24, 2.45) is 0 Å². The average molecular weight is 416 g/mol. The largest absolute Gasteiger partial charge is 1.00 e. The van der Waals surface area contributed by atoms with E-state index in [-0.39, 0.29) is 24.0 Å². The number of benzene rings is 2. The van der Waals surface area contributed by atoms with E-state index in [9.17, 15) is 0 Å². The fraction of sp³-hybridized carbons (Fsp3) is 0.150. The Kier molecular flexibility index (Phi) is 5.55. The van der Waals surface area contributed by atoms with Crippen LogP contribution in [-0.4, -0.2) is 26.1 Å². The highest BCUT2D eigenvalue weighted by atomic mass is 127. The molecule has 0 spiro atoms. The van der Waals surface area contributed by atoms with Gasteiger partial charge in [0, 0.05) is 5.39 Å². The van der Waals surface area contributed by atoms with Crippen LogP contribution in [0, 0.1) is 0 Å². The van der Waals surface area contributed by atoms with Gasteiger partial charge in [0.2, 0.25) is 0 Å². The lowest BCUT2D eigenvalue weighted by atomic mass is 10.1. The zero-order valence-electron chi connectivity index (χ0n) is 13.7. The standard InChI is InChI=1S/C20H21N2.HI/c1-22(2,3)19-14-9-16(10-15-19)8-12-18-13-11-17-6-4-5-7-20(17)21-18;/h4-15H,1-3H3;1H/q+1;/p-1. The highest BCUT2D eigenvalue weighted by molar-refractivity contribution is 5.80. The molecule has 0 radical (unpaired) electrons. The second kappa shape index (κ2) is 7.23. The number of nitrogens with zero attached hydrogens (tertiary/aromatic N) is 2. The summed E-state index contributed by atoms with van der Waals surface area (Å²) in [7, 11) is 6.51. The normalized spacial score (nSPS) is 11.6. The van der Waals surface area contributed by atoms with Gasteiger partial charge in [-0.05, 0) is 48.0 Å². The van der Waals surface area contributed by atoms with Gasteiger partial charge in [-0.3, -0.25) is 4.48 Å². The van der Waals surface area contributed by atoms with Gasteiger partial charge in [-0.25, -0.2) is 4.98 Å². The molecular formula is C20H21IN2. The van der Waals surface area contributed by atoms with Crippen molar-refractivity contribution in [1.82, 2.24) is 9.47 Å². The second-order valence-corrected chi connectivity index (χ2v) is 6.37. The number of fused-ring (bicyclic) bond motifs is 1. The predicted octanol–water partition coefficient (Wildman–Crippen LogP) is 1.61. The molecule has 1 heterocycles. The minimum absolute atomic E-state index is 0. The molecule has 0 bridgehead atoms. The number of pyridine rings is 1. The molecule has 0 fully saturated rings. The lowest BCUT2D eigenvalue weighted by molar-refractivity contribution is -0.00000462. The van der Waals surface area contributed by atoms with Crippen molar-refractivity contribution in [1.29, 1.82) is 0 Å². The molecule has 0 unspecified atom stereocenters. The minimum atomic E-state index is 0. The van der Waals surface area contributed by atoms with Gasteiger partial charge in [0.15, 0.2) is 0 Å². The first-order valence-electron chi connectivity index (χ1n) is 7.48. The molecule has 3 rings (SSSR count). The first-order chi connectivity index (χ1) is 10.5. The summed E-state index contributed by atoms with van der Waals surface area (Å²) in [6.45, 7) is 0. The summed E-state index contributed by atoms with van der Waals surface area (Å²) >= 11 is 0. The maximum atomic E-state index is 4.66. The molecule has 0 aliphatic carbocycles. The van der Waals surface area contributed by atoms with E-state index in [0.717, 1.165) is 15.7 Å². The van der Waals surface area contributed by atoms with Crippen molar-refractivity contribution in [3.05, 3.63) is 71.9 Å². The lowest BCUT2D eigenvalue weighted by Gasteiger charge is -2.23. The van der Waals surface area contributed by atoms with Crippen molar-refractivity contribution in [3.8, 4) is 0 Å². The first-order valence-corrected chi connectivity index (χ1v) is 7.48. The van der Waals surface area contributed by atoms with Crippen molar-refractivity contribution >= 4 is 28.7 Å². The van der Waals surface area contributed by atoms with Crippen molar-refractivity contribution < 1.29 is 24.0 Å². The van der Waals surface area contributed by atoms with E-state index in [2.05, 4.69) is 80.7 Å². The molecule has 23 heavy (non-hydrogen) atoms. The van der Waals surface area contributed by atoms with Crippen LogP contribution in [0.3, 0.4) is 0 Å². The number of quaternary nitrogens is 1. The number of aromatic nitrogens is 1. The van der Waals surface area contributed by atoms with Crippen LogP contribution in [0.4, 0.5) is 5.69 Å². The van der Waals surface area contributed by atoms with Crippen molar-refractivity contribution in [2.45, 2.75) is 0 Å². The number of hydrogen-bond donors (Lipinski definition) is 0. The maximum absolute atomic E-state index is 4.66. The zero-order chi connectivity index (χ0) is 15.6. The first kappa shape index (κ1) is 17.6. The highest BCUT2D eigenvalue weighted by Crippen LogP contribution is 2.19. The number of para-hydroxylation sites is 1. The molecule has 2 aromatic carbocycles. The van der Waals surface area contributed by atoms with Gasteiger partial charge in [-0.15, -0.1) is 0 Å². The Morgan fingerprint density at radius 1 is 0.783 bits per heavy atom. The third kappa shape index (κ3) is 4.39. The molecule has 1 aromatic heterocycles. The van der Waals surface area contributed by atoms with Crippen LogP contribution in [0.2, 0.25) is 0 Å². The Hall–Kier alpha value is -1.72. The van der Waals surface area contributed by atoms with E-state index in [0.29, 0.717) is 0 Å². The minimum Gasteiger partial charge on any atom is -1.00 e. The van der Waals surface area contributed by atoms with Crippen LogP contribution in [0.1, 0.15) is 11.3 Å². The molecule has 2 nitrogen and oxygen atoms in total. The molecule has 118 valence electrons. The van der Waals surface area contributed by atoms with Crippen LogP contribution < -0.4 is 28.5 Å². The lowest BCUT2D eigenvalue weighted by Crippen LogP contribution is -3.00. The Bertz CT molecular complexity index is 815. The fourth-order valence-electron chi connectivity index (χ4n) is 2.39. The summed E-state index contributed by atoms with van der Waals surface area (Å²) < 4.78 is 0.830. The smallest absolute Gasteiger partial charge is 0.132 e. The monoisotopic (exact) mass is 416 g/mol. The van der Waals surface area contributed by atoms with E-state index in [1.165, 1.54) is 16.6 Å². The summed E-state index contributed by atoms with van der Waals surface area (Å²) in [5.74, 6) is 0. The van der Waals surface area contributed by atoms with E-state index < -0.39 is 0 Å². The van der Waals surface area contributed by atoms with Gasteiger partial charge in [0.1, 0.15) is 5.69 Å². The van der Waals surface area contributed by atoms with E-state index in [1.54, 1.807) is 0 Å². The summed E-state index contributed by atoms with van der Waals surface area (Å²) in [6.07, 6.45) is 4.17. The molecule has 0 aliphatic rings. The Morgan fingerprint density at radius 2 is 1.48 bits per heavy atom. The van der Waals surface area contributed by atoms with Gasteiger partial charge in [-0.1, -0.05) is 30.3 Å². The predicted molar refractivity (Wildman–Crippen MR) is 96.7 cm³/mol. The molecule has 0 aliphatic heterocycles. The Labute approximate surface area is 155 Å². The summed E-state index contributed by atoms with van der Waals surface area (Å²) in [4.78, 5) is 4.66. The van der Waals surface area contributed by atoms with Crippen LogP contribution in [0.5, 0.6) is 0 Å². The van der Waals surface area contributed by atoms with E-state index in [1.807, 2.05) is 18.2 Å². The molecule has 0 amide bonds. The Balaban J connectivity index is 0.00000192. The maximum Gasteiger partial charge on any atom is 0.132 e. The van der Waals surface area contributed by atoms with E-state index >= 15 is 0 Å². The average Bonchev–Trinajstić information content (AvgIpc) is 2.52. The van der Waals surface area contributed by atoms with Gasteiger partial charge in [-0.2, -0.15) is 0 Å². The van der Waals surface area contributed by atoms with Crippen LogP contribution in [0.25, 0.3) is 23.1 Å². The summed E-state index contributed by atoms with van der Waals surface area (Å²) in [5, 5.41) is 1.17. The van der Waals surface area contributed by atoms with Gasteiger partial charge in [0.05, 0.1) is 32.4 Å². The topological polar surface area (TPSA) is 12.9 Å². The van der Waals surface area contributed by atoms with Gasteiger partial charge in [0.25, 0.3) is 0 Å². The summed E-state index contributed by atoms with van der Waals surface area (Å²) in [6, 6.07) is 21.0. The molecule has 0 saturated heterocycles. The molecular weight excluding hydrogens is 395 g/mol. The zero-order valence-corrected chi connectivity index (χ0v) is 15.9. The number of rotatable bonds is 3. The quantitative estimate of drug-likeness (QED) is 0.467. The third-order valence-electron chi connectivity index (χ3n) is 3.73. The molecule has 0 saturated carbocycles. The summed E-state index contributed by atoms with van der Waals surface area (Å²) in [5.41, 5.74) is 4.49. The van der Waals surface area contributed by atoms with Crippen LogP contribution in [-0.2, 0) is 0 Å². The Morgan fingerprint density at radius 3 is 2.17 bits per heavy atom. The third-order valence-corrected chi connectivity index (χ3v) is 3.73. The SMILES string of the molecule is C[N+](C)(C)c1ccc(C=Cc2ccc3ccccc3n2)cc1.[I-]. The molecule has 3 heteroatoms. The second-order valence-electron chi connectivity index (χ2n) is 6.37. The van der Waals surface area contributed by atoms with Gasteiger partial charge < -0.3 is 24.0 Å². The van der Waals surface area contributed by atoms with Crippen LogP contribution >= 0.6 is 0 Å². The molecule has 3 aromatic rings. The highest BCUT2D eigenvalue weighted by Gasteiger charge is 2.10. The number of hydrogen-bond acceptors (Lipinski definition) is 1. The fourth-order valence-corrected chi connectivity index (χ4v) is 2.39.